The Morgan fingerprint density at radius 3 is 2.55 bits per heavy atom. The predicted molar refractivity (Wildman–Crippen MR) is 116 cm³/mol. The molecule has 33 heavy (non-hydrogen) atoms. The Morgan fingerprint density at radius 1 is 1.21 bits per heavy atom. The summed E-state index contributed by atoms with van der Waals surface area (Å²) in [6.45, 7) is 1.97. The molecule has 1 atom stereocenters. The highest BCUT2D eigenvalue weighted by Crippen LogP contribution is 2.43. The van der Waals surface area contributed by atoms with Crippen molar-refractivity contribution in [3.63, 3.8) is 0 Å². The summed E-state index contributed by atoms with van der Waals surface area (Å²) in [5, 5.41) is 12.2. The minimum Gasteiger partial charge on any atom is -0.446 e. The van der Waals surface area contributed by atoms with E-state index in [4.69, 9.17) is 4.74 Å². The lowest BCUT2D eigenvalue weighted by Gasteiger charge is -2.30. The van der Waals surface area contributed by atoms with E-state index in [1.54, 1.807) is 27.1 Å². The number of rotatable bonds is 4. The van der Waals surface area contributed by atoms with Crippen LogP contribution in [0.25, 0.3) is 0 Å². The molecule has 4 rings (SSSR count). The standard InChI is InChI=1S/C22H29F3N6O2/c1-4-14-12-16-18(29(2)20-26-28-30(3)27-20)10-7-11-31(19(16)13-17(14)22(23,24)25)21(32)33-15-8-5-6-9-15/h12-13,15,18H,4-11H2,1-3H3. The fourth-order valence-corrected chi connectivity index (χ4v) is 4.79. The number of carbonyl (C=O) groups excluding carboxylic acids is 1. The number of anilines is 2. The van der Waals surface area contributed by atoms with Crippen LogP contribution in [0.3, 0.4) is 0 Å². The first-order valence-corrected chi connectivity index (χ1v) is 11.4. The molecule has 180 valence electrons. The molecule has 8 nitrogen and oxygen atoms in total. The highest BCUT2D eigenvalue weighted by Gasteiger charge is 2.38. The molecule has 1 fully saturated rings. The maximum atomic E-state index is 13.9. The molecule has 1 unspecified atom stereocenters. The van der Waals surface area contributed by atoms with E-state index in [0.29, 0.717) is 24.4 Å². The summed E-state index contributed by atoms with van der Waals surface area (Å²) >= 11 is 0. The fourth-order valence-electron chi connectivity index (χ4n) is 4.79. The van der Waals surface area contributed by atoms with Gasteiger partial charge >= 0.3 is 12.3 Å². The van der Waals surface area contributed by atoms with Gasteiger partial charge in [-0.1, -0.05) is 18.1 Å². The summed E-state index contributed by atoms with van der Waals surface area (Å²) in [5.41, 5.74) is 0.345. The van der Waals surface area contributed by atoms with Crippen LogP contribution in [0.2, 0.25) is 0 Å². The van der Waals surface area contributed by atoms with Gasteiger partial charge in [0, 0.05) is 13.6 Å². The van der Waals surface area contributed by atoms with Gasteiger partial charge < -0.3 is 9.64 Å². The monoisotopic (exact) mass is 466 g/mol. The lowest BCUT2D eigenvalue weighted by Crippen LogP contribution is -2.35. The van der Waals surface area contributed by atoms with E-state index in [0.717, 1.165) is 31.7 Å². The van der Waals surface area contributed by atoms with Gasteiger partial charge in [-0.05, 0) is 67.4 Å². The van der Waals surface area contributed by atoms with Crippen molar-refractivity contribution in [1.29, 1.82) is 0 Å². The van der Waals surface area contributed by atoms with E-state index < -0.39 is 17.8 Å². The van der Waals surface area contributed by atoms with Crippen LogP contribution in [0.15, 0.2) is 12.1 Å². The Bertz CT molecular complexity index is 1000. The third-order valence-electron chi connectivity index (χ3n) is 6.52. The van der Waals surface area contributed by atoms with Crippen LogP contribution in [0.1, 0.15) is 68.2 Å². The van der Waals surface area contributed by atoms with Gasteiger partial charge in [0.05, 0.1) is 24.3 Å². The van der Waals surface area contributed by atoms with Gasteiger partial charge in [0.15, 0.2) is 0 Å². The van der Waals surface area contributed by atoms with Crippen LogP contribution >= 0.6 is 0 Å². The Morgan fingerprint density at radius 2 is 1.94 bits per heavy atom. The van der Waals surface area contributed by atoms with Crippen molar-refractivity contribution < 1.29 is 22.7 Å². The van der Waals surface area contributed by atoms with E-state index in [1.807, 2.05) is 4.90 Å². The topological polar surface area (TPSA) is 76.4 Å². The molecule has 1 aromatic heterocycles. The molecule has 0 bridgehead atoms. The normalized spacial score (nSPS) is 19.3. The lowest BCUT2D eigenvalue weighted by molar-refractivity contribution is -0.138. The van der Waals surface area contributed by atoms with Gasteiger partial charge in [-0.25, -0.2) is 4.79 Å². The molecule has 2 aromatic rings. The number of fused-ring (bicyclic) bond motifs is 1. The molecule has 2 heterocycles. The molecule has 1 aliphatic heterocycles. The molecule has 1 aliphatic carbocycles. The summed E-state index contributed by atoms with van der Waals surface area (Å²) < 4.78 is 47.4. The van der Waals surface area contributed by atoms with Crippen LogP contribution < -0.4 is 9.80 Å². The summed E-state index contributed by atoms with van der Waals surface area (Å²) in [5.74, 6) is 0.369. The second kappa shape index (κ2) is 9.18. The first-order valence-electron chi connectivity index (χ1n) is 11.4. The Hall–Kier alpha value is -2.85. The molecule has 2 aliphatic rings. The second-order valence-electron chi connectivity index (χ2n) is 8.71. The quantitative estimate of drug-likeness (QED) is 0.653. The van der Waals surface area contributed by atoms with Crippen molar-refractivity contribution >= 4 is 17.7 Å². The summed E-state index contributed by atoms with van der Waals surface area (Å²) in [6.07, 6.45) is -0.302. The summed E-state index contributed by atoms with van der Waals surface area (Å²) in [6, 6.07) is 2.37. The van der Waals surface area contributed by atoms with Crippen molar-refractivity contribution in [3.8, 4) is 0 Å². The molecule has 0 N–H and O–H groups in total. The van der Waals surface area contributed by atoms with Gasteiger partial charge in [-0.15, -0.1) is 5.10 Å². The third-order valence-corrected chi connectivity index (χ3v) is 6.52. The van der Waals surface area contributed by atoms with Crippen LogP contribution in [0.4, 0.5) is 29.6 Å². The number of aromatic nitrogens is 4. The van der Waals surface area contributed by atoms with E-state index in [9.17, 15) is 18.0 Å². The number of hydrogen-bond acceptors (Lipinski definition) is 6. The number of hydrogen-bond donors (Lipinski definition) is 0. The van der Waals surface area contributed by atoms with E-state index in [-0.39, 0.29) is 36.4 Å². The van der Waals surface area contributed by atoms with Crippen LogP contribution in [-0.2, 0) is 24.4 Å². The number of alkyl halides is 3. The van der Waals surface area contributed by atoms with Gasteiger partial charge in [-0.3, -0.25) is 4.90 Å². The number of amides is 1. The summed E-state index contributed by atoms with van der Waals surface area (Å²) in [4.78, 5) is 17.6. The largest absolute Gasteiger partial charge is 0.446 e. The summed E-state index contributed by atoms with van der Waals surface area (Å²) in [7, 11) is 3.44. The maximum Gasteiger partial charge on any atom is 0.416 e. The van der Waals surface area contributed by atoms with Gasteiger partial charge in [-0.2, -0.15) is 18.0 Å². The zero-order valence-electron chi connectivity index (χ0n) is 19.1. The highest BCUT2D eigenvalue weighted by molar-refractivity contribution is 5.89. The second-order valence-corrected chi connectivity index (χ2v) is 8.71. The van der Waals surface area contributed by atoms with Gasteiger partial charge in [0.1, 0.15) is 6.10 Å². The third kappa shape index (κ3) is 4.77. The Kier molecular flexibility index (Phi) is 6.49. The molecule has 0 saturated heterocycles. The molecular formula is C22H29F3N6O2. The number of carbonyl (C=O) groups is 1. The lowest BCUT2D eigenvalue weighted by atomic mass is 9.93. The fraction of sp³-hybridized carbons (Fsp3) is 0.636. The van der Waals surface area contributed by atoms with E-state index in [1.165, 1.54) is 9.70 Å². The number of halogens is 3. The van der Waals surface area contributed by atoms with Crippen molar-refractivity contribution in [2.75, 3.05) is 23.4 Å². The number of benzene rings is 1. The van der Waals surface area contributed by atoms with Crippen LogP contribution in [0, 0.1) is 0 Å². The zero-order valence-corrected chi connectivity index (χ0v) is 19.1. The van der Waals surface area contributed by atoms with Crippen molar-refractivity contribution in [3.05, 3.63) is 28.8 Å². The van der Waals surface area contributed by atoms with Crippen molar-refractivity contribution in [2.45, 2.75) is 70.2 Å². The maximum absolute atomic E-state index is 13.9. The van der Waals surface area contributed by atoms with Crippen molar-refractivity contribution in [1.82, 2.24) is 20.2 Å². The SMILES string of the molecule is CCc1cc2c(cc1C(F)(F)F)N(C(=O)OC1CCCC1)CCCC2N(C)c1nnn(C)n1. The molecule has 1 amide bonds. The van der Waals surface area contributed by atoms with E-state index in [2.05, 4.69) is 15.4 Å². The average Bonchev–Trinajstić information content (AvgIpc) is 3.39. The number of ether oxygens (including phenoxy) is 1. The molecule has 1 aromatic carbocycles. The Labute approximate surface area is 190 Å². The number of nitrogens with zero attached hydrogens (tertiary/aromatic N) is 6. The number of tetrazole rings is 1. The van der Waals surface area contributed by atoms with Crippen molar-refractivity contribution in [2.24, 2.45) is 7.05 Å². The first kappa shape index (κ1) is 23.3. The average molecular weight is 467 g/mol. The smallest absolute Gasteiger partial charge is 0.416 e. The van der Waals surface area contributed by atoms with Crippen LogP contribution in [0.5, 0.6) is 0 Å². The zero-order chi connectivity index (χ0) is 23.8. The Balaban J connectivity index is 1.79. The molecule has 0 spiro atoms. The highest BCUT2D eigenvalue weighted by atomic mass is 19.4. The first-order chi connectivity index (χ1) is 15.7. The minimum atomic E-state index is -4.53. The van der Waals surface area contributed by atoms with Gasteiger partial charge in [0.2, 0.25) is 0 Å². The molecule has 1 saturated carbocycles. The van der Waals surface area contributed by atoms with Gasteiger partial charge in [0.25, 0.3) is 5.95 Å². The minimum absolute atomic E-state index is 0.177. The van der Waals surface area contributed by atoms with E-state index >= 15 is 0 Å². The molecule has 0 radical (unpaired) electrons. The molecular weight excluding hydrogens is 437 g/mol. The van der Waals surface area contributed by atoms with Crippen LogP contribution in [-0.4, -0.2) is 46.0 Å². The predicted octanol–water partition coefficient (Wildman–Crippen LogP) is 4.65. The molecule has 11 heteroatoms. The number of aryl methyl sites for hydroxylation is 2.